The lowest BCUT2D eigenvalue weighted by Gasteiger charge is -2.28. The molecule has 0 radical (unpaired) electrons. The second kappa shape index (κ2) is 66.4. The minimum Gasteiger partial charge on any atom is -0.756 e. The van der Waals surface area contributed by atoms with Crippen molar-refractivity contribution < 1.29 is 42.1 Å². The van der Waals surface area contributed by atoms with Gasteiger partial charge in [-0.05, 0) is 96.3 Å². The molecule has 0 rings (SSSR count). The molecule has 498 valence electrons. The lowest BCUT2D eigenvalue weighted by Crippen LogP contribution is -2.37. The Kier molecular flexibility index (Phi) is 64.0. The summed E-state index contributed by atoms with van der Waals surface area (Å²) in [4.78, 5) is 38.0. The highest BCUT2D eigenvalue weighted by Crippen LogP contribution is 2.38. The summed E-state index contributed by atoms with van der Waals surface area (Å²) in [7, 11) is 1.17. The molecule has 0 aromatic heterocycles. The molecule has 0 saturated heterocycles. The van der Waals surface area contributed by atoms with Crippen LogP contribution in [0.1, 0.15) is 322 Å². The Labute approximate surface area is 532 Å². The van der Waals surface area contributed by atoms with Gasteiger partial charge in [0.15, 0.2) is 6.10 Å². The molecule has 0 aliphatic rings. The van der Waals surface area contributed by atoms with Gasteiger partial charge in [0.05, 0.1) is 27.7 Å². The Balaban J connectivity index is 3.97. The SMILES string of the molecule is CC/C=C\C/C=C\C/C=C\C/C=C\C/C=C\C/C=C\C/C=C\CCCCCCCCCCCCCCCCCCCCCC(=O)OC(COC(=O)CCCCCCCCCCC/C=C\CCCCCCCCCC)COP(=O)([O-])OCC[N+](C)(C)C. The lowest BCUT2D eigenvalue weighted by molar-refractivity contribution is -0.870. The van der Waals surface area contributed by atoms with Gasteiger partial charge in [-0.2, -0.15) is 0 Å². The molecule has 0 saturated carbocycles. The van der Waals surface area contributed by atoms with Crippen molar-refractivity contribution in [3.63, 3.8) is 0 Å². The number of unbranched alkanes of at least 4 members (excludes halogenated alkanes) is 36. The molecule has 0 aromatic carbocycles. The molecule has 0 aromatic rings. The first kappa shape index (κ1) is 82.9. The van der Waals surface area contributed by atoms with Gasteiger partial charge in [0.25, 0.3) is 7.82 Å². The van der Waals surface area contributed by atoms with E-state index in [1.165, 1.54) is 205 Å². The number of likely N-dealkylation sites (N-methyl/N-ethyl adjacent to an activating group) is 1. The molecule has 2 atom stereocenters. The number of ether oxygens (including phenoxy) is 2. The van der Waals surface area contributed by atoms with Gasteiger partial charge in [-0.1, -0.05) is 310 Å². The van der Waals surface area contributed by atoms with Crippen LogP contribution in [-0.2, 0) is 32.7 Å². The van der Waals surface area contributed by atoms with Crippen molar-refractivity contribution in [1.29, 1.82) is 0 Å². The zero-order valence-corrected chi connectivity index (χ0v) is 57.6. The topological polar surface area (TPSA) is 111 Å². The van der Waals surface area contributed by atoms with E-state index < -0.39 is 26.5 Å². The van der Waals surface area contributed by atoms with Gasteiger partial charge in [0.1, 0.15) is 19.8 Å². The first-order chi connectivity index (χ1) is 42.0. The third-order valence-corrected chi connectivity index (χ3v) is 16.6. The van der Waals surface area contributed by atoms with E-state index >= 15 is 0 Å². The Hall–Kier alpha value is -3.07. The van der Waals surface area contributed by atoms with Gasteiger partial charge < -0.3 is 27.9 Å². The van der Waals surface area contributed by atoms with E-state index in [1.807, 2.05) is 21.1 Å². The van der Waals surface area contributed by atoms with Crippen LogP contribution >= 0.6 is 7.82 Å². The number of nitrogens with zero attached hydrogens (tertiary/aromatic N) is 1. The predicted octanol–water partition coefficient (Wildman–Crippen LogP) is 22.9. The maximum absolute atomic E-state index is 12.9. The van der Waals surface area contributed by atoms with E-state index in [-0.39, 0.29) is 32.0 Å². The number of quaternary nitrogens is 1. The van der Waals surface area contributed by atoms with Crippen molar-refractivity contribution >= 4 is 19.8 Å². The first-order valence-electron chi connectivity index (χ1n) is 35.9. The van der Waals surface area contributed by atoms with Gasteiger partial charge in [0.2, 0.25) is 0 Å². The van der Waals surface area contributed by atoms with Crippen LogP contribution in [0, 0.1) is 0 Å². The zero-order valence-electron chi connectivity index (χ0n) is 56.7. The van der Waals surface area contributed by atoms with E-state index in [4.69, 9.17) is 18.5 Å². The summed E-state index contributed by atoms with van der Waals surface area (Å²) in [6.45, 7) is 4.16. The molecule has 0 fully saturated rings. The molecule has 10 heteroatoms. The molecule has 9 nitrogen and oxygen atoms in total. The molecular weight excluding hydrogens is 1090 g/mol. The fraction of sp³-hybridized carbons (Fsp3) is 0.763. The highest BCUT2D eigenvalue weighted by Gasteiger charge is 2.22. The van der Waals surface area contributed by atoms with Crippen LogP contribution in [0.4, 0.5) is 0 Å². The van der Waals surface area contributed by atoms with Crippen LogP contribution < -0.4 is 4.89 Å². The van der Waals surface area contributed by atoms with Crippen molar-refractivity contribution in [2.75, 3.05) is 47.5 Å². The normalized spacial score (nSPS) is 13.7. The Bertz CT molecular complexity index is 1770. The fourth-order valence-corrected chi connectivity index (χ4v) is 10.8. The summed E-state index contributed by atoms with van der Waals surface area (Å²) in [5.74, 6) is -0.824. The van der Waals surface area contributed by atoms with E-state index in [0.717, 1.165) is 83.5 Å². The molecule has 86 heavy (non-hydrogen) atoms. The van der Waals surface area contributed by atoms with Crippen molar-refractivity contribution in [2.45, 2.75) is 328 Å². The van der Waals surface area contributed by atoms with Gasteiger partial charge in [-0.3, -0.25) is 14.2 Å². The summed E-state index contributed by atoms with van der Waals surface area (Å²) in [6.07, 6.45) is 92.1. The summed E-state index contributed by atoms with van der Waals surface area (Å²) < 4.78 is 34.3. The van der Waals surface area contributed by atoms with Crippen molar-refractivity contribution in [3.05, 3.63) is 97.2 Å². The van der Waals surface area contributed by atoms with Gasteiger partial charge in [-0.25, -0.2) is 0 Å². The Morgan fingerprint density at radius 2 is 0.663 bits per heavy atom. The zero-order chi connectivity index (χ0) is 62.6. The number of carbonyl (C=O) groups is 2. The van der Waals surface area contributed by atoms with E-state index in [9.17, 15) is 19.0 Å². The van der Waals surface area contributed by atoms with E-state index in [1.54, 1.807) is 0 Å². The van der Waals surface area contributed by atoms with Crippen LogP contribution in [0.15, 0.2) is 97.2 Å². The average molecular weight is 1220 g/mol. The summed E-state index contributed by atoms with van der Waals surface area (Å²) in [5, 5.41) is 0. The number of esters is 2. The Morgan fingerprint density at radius 1 is 0.372 bits per heavy atom. The smallest absolute Gasteiger partial charge is 0.306 e. The average Bonchev–Trinajstić information content (AvgIpc) is 3.70. The minimum atomic E-state index is -4.64. The standard InChI is InChI=1S/C76H136NO8P/c1-6-8-10-12-14-16-18-20-22-24-26-28-29-30-31-32-33-34-35-36-37-38-39-40-41-42-43-44-45-46-47-49-51-53-55-57-59-61-63-65-67-69-76(79)85-74(73-84-86(80,81)83-71-70-77(3,4)5)72-82-75(78)68-66-64-62-60-58-56-54-52-50-48-27-25-23-21-19-17-15-13-11-9-7-2/h8,10,14,16,20,22,25-28,30-31,33-34,36-37,74H,6-7,9,11-13,15,17-19,21,23-24,29,32,35,38-73H2,1-5H3/b10-8-,16-14-,22-20-,27-25-,28-26-,31-30-,34-33-,37-36-. The van der Waals surface area contributed by atoms with Gasteiger partial charge in [0, 0.05) is 12.8 Å². The van der Waals surface area contributed by atoms with Gasteiger partial charge >= 0.3 is 11.9 Å². The fourth-order valence-electron chi connectivity index (χ4n) is 10.1. The second-order valence-electron chi connectivity index (χ2n) is 25.2. The number of carbonyl (C=O) groups excluding carboxylic acids is 2. The highest BCUT2D eigenvalue weighted by atomic mass is 31.2. The number of hydrogen-bond acceptors (Lipinski definition) is 8. The molecule has 2 unspecified atom stereocenters. The van der Waals surface area contributed by atoms with Crippen LogP contribution in [0.2, 0.25) is 0 Å². The van der Waals surface area contributed by atoms with Crippen LogP contribution in [0.5, 0.6) is 0 Å². The molecular formula is C76H136NO8P. The minimum absolute atomic E-state index is 0.0318. The number of phosphoric ester groups is 1. The second-order valence-corrected chi connectivity index (χ2v) is 26.6. The molecule has 0 spiro atoms. The van der Waals surface area contributed by atoms with Crippen molar-refractivity contribution in [1.82, 2.24) is 0 Å². The summed E-state index contributed by atoms with van der Waals surface area (Å²) >= 11 is 0. The maximum atomic E-state index is 12.9. The van der Waals surface area contributed by atoms with Crippen LogP contribution in [0.3, 0.4) is 0 Å². The highest BCUT2D eigenvalue weighted by molar-refractivity contribution is 7.45. The number of phosphoric acid groups is 1. The van der Waals surface area contributed by atoms with Crippen LogP contribution in [-0.4, -0.2) is 70.0 Å². The van der Waals surface area contributed by atoms with E-state index in [2.05, 4.69) is 111 Å². The predicted molar refractivity (Wildman–Crippen MR) is 369 cm³/mol. The van der Waals surface area contributed by atoms with E-state index in [0.29, 0.717) is 17.4 Å². The summed E-state index contributed by atoms with van der Waals surface area (Å²) in [6, 6.07) is 0. The molecule has 0 N–H and O–H groups in total. The largest absolute Gasteiger partial charge is 0.756 e. The molecule has 0 aliphatic carbocycles. The number of rotatable bonds is 66. The van der Waals surface area contributed by atoms with Crippen LogP contribution in [0.25, 0.3) is 0 Å². The molecule has 0 heterocycles. The maximum Gasteiger partial charge on any atom is 0.306 e. The molecule has 0 bridgehead atoms. The van der Waals surface area contributed by atoms with Gasteiger partial charge in [-0.15, -0.1) is 0 Å². The molecule has 0 aliphatic heterocycles. The Morgan fingerprint density at radius 3 is 1.00 bits per heavy atom. The number of hydrogen-bond donors (Lipinski definition) is 0. The monoisotopic (exact) mass is 1220 g/mol. The van der Waals surface area contributed by atoms with Crippen molar-refractivity contribution in [3.8, 4) is 0 Å². The van der Waals surface area contributed by atoms with Crippen molar-refractivity contribution in [2.24, 2.45) is 0 Å². The third kappa shape index (κ3) is 70.0. The third-order valence-electron chi connectivity index (χ3n) is 15.6. The molecule has 0 amide bonds. The first-order valence-corrected chi connectivity index (χ1v) is 37.4. The quantitative estimate of drug-likeness (QED) is 0.0195. The lowest BCUT2D eigenvalue weighted by atomic mass is 10.0. The summed E-state index contributed by atoms with van der Waals surface area (Å²) in [5.41, 5.74) is 0. The number of allylic oxidation sites excluding steroid dienone is 16.